The molecule has 1 aliphatic heterocycles. The lowest BCUT2D eigenvalue weighted by molar-refractivity contribution is -0.126. The van der Waals surface area contributed by atoms with E-state index in [9.17, 15) is 4.79 Å². The highest BCUT2D eigenvalue weighted by atomic mass is 16.5. The maximum Gasteiger partial charge on any atom is 0.258 e. The van der Waals surface area contributed by atoms with E-state index in [2.05, 4.69) is 5.32 Å². The minimum Gasteiger partial charge on any atom is -0.484 e. The van der Waals surface area contributed by atoms with Gasteiger partial charge in [0.25, 0.3) is 5.91 Å². The first-order valence-corrected chi connectivity index (χ1v) is 6.51. The van der Waals surface area contributed by atoms with Crippen LogP contribution >= 0.6 is 0 Å². The third kappa shape index (κ3) is 3.94. The fourth-order valence-corrected chi connectivity index (χ4v) is 2.14. The van der Waals surface area contributed by atoms with E-state index in [4.69, 9.17) is 15.2 Å². The number of carbonyl (C=O) groups excluding carboxylic acids is 1. The van der Waals surface area contributed by atoms with Gasteiger partial charge in [0.15, 0.2) is 6.61 Å². The predicted octanol–water partition coefficient (Wildman–Crippen LogP) is 0.690. The summed E-state index contributed by atoms with van der Waals surface area (Å²) < 4.78 is 10.7. The molecule has 1 aliphatic rings. The Kier molecular flexibility index (Phi) is 4.76. The first-order valence-electron chi connectivity index (χ1n) is 6.51. The molecule has 2 rings (SSSR count). The van der Waals surface area contributed by atoms with Crippen molar-refractivity contribution in [3.05, 3.63) is 30.3 Å². The second kappa shape index (κ2) is 6.54. The van der Waals surface area contributed by atoms with Crippen molar-refractivity contribution in [2.24, 2.45) is 5.73 Å². The zero-order valence-corrected chi connectivity index (χ0v) is 10.9. The molecule has 0 bridgehead atoms. The number of ether oxygens (including phenoxy) is 2. The quantitative estimate of drug-likeness (QED) is 0.820. The van der Waals surface area contributed by atoms with E-state index in [0.29, 0.717) is 25.5 Å². The summed E-state index contributed by atoms with van der Waals surface area (Å²) in [6.07, 6.45) is 1.50. The molecule has 5 nitrogen and oxygen atoms in total. The van der Waals surface area contributed by atoms with E-state index >= 15 is 0 Å². The van der Waals surface area contributed by atoms with Crippen LogP contribution in [0.5, 0.6) is 5.75 Å². The van der Waals surface area contributed by atoms with Crippen LogP contribution in [-0.4, -0.2) is 37.8 Å². The molecule has 3 N–H and O–H groups in total. The zero-order valence-electron chi connectivity index (χ0n) is 10.9. The largest absolute Gasteiger partial charge is 0.484 e. The summed E-state index contributed by atoms with van der Waals surface area (Å²) in [6, 6.07) is 9.28. The molecule has 0 saturated carbocycles. The number of hydrogen-bond acceptors (Lipinski definition) is 4. The molecule has 104 valence electrons. The highest BCUT2D eigenvalue weighted by Crippen LogP contribution is 2.19. The van der Waals surface area contributed by atoms with Crippen molar-refractivity contribution in [2.45, 2.75) is 18.4 Å². The second-order valence-electron chi connectivity index (χ2n) is 4.75. The molecule has 19 heavy (non-hydrogen) atoms. The average Bonchev–Trinajstić information content (AvgIpc) is 2.47. The molecule has 1 heterocycles. The number of nitrogens with one attached hydrogen (secondary N) is 1. The maximum atomic E-state index is 11.9. The summed E-state index contributed by atoms with van der Waals surface area (Å²) >= 11 is 0. The lowest BCUT2D eigenvalue weighted by atomic mass is 9.90. The van der Waals surface area contributed by atoms with Crippen molar-refractivity contribution in [1.82, 2.24) is 5.32 Å². The highest BCUT2D eigenvalue weighted by molar-refractivity contribution is 5.78. The van der Waals surface area contributed by atoms with Crippen LogP contribution in [0.1, 0.15) is 12.8 Å². The number of nitrogens with two attached hydrogens (primary N) is 1. The second-order valence-corrected chi connectivity index (χ2v) is 4.75. The van der Waals surface area contributed by atoms with Crippen LogP contribution in [0.25, 0.3) is 0 Å². The van der Waals surface area contributed by atoms with Crippen LogP contribution in [0.3, 0.4) is 0 Å². The van der Waals surface area contributed by atoms with Gasteiger partial charge in [0.1, 0.15) is 5.75 Å². The number of para-hydroxylation sites is 1. The SMILES string of the molecule is NCC1(NC(=O)COc2ccccc2)CCOCC1. The van der Waals surface area contributed by atoms with Gasteiger partial charge in [0.05, 0.1) is 5.54 Å². The van der Waals surface area contributed by atoms with Gasteiger partial charge in [-0.15, -0.1) is 0 Å². The fraction of sp³-hybridized carbons (Fsp3) is 0.500. The summed E-state index contributed by atoms with van der Waals surface area (Å²) in [5.41, 5.74) is 5.44. The predicted molar refractivity (Wildman–Crippen MR) is 71.9 cm³/mol. The molecule has 1 fully saturated rings. The molecule has 1 saturated heterocycles. The lowest BCUT2D eigenvalue weighted by Crippen LogP contribution is -2.57. The molecule has 1 amide bonds. The molecular weight excluding hydrogens is 244 g/mol. The van der Waals surface area contributed by atoms with Crippen LogP contribution in [0.4, 0.5) is 0 Å². The standard InChI is InChI=1S/C14H20N2O3/c15-11-14(6-8-18-9-7-14)16-13(17)10-19-12-4-2-1-3-5-12/h1-5H,6-11,15H2,(H,16,17). The van der Waals surface area contributed by atoms with Crippen molar-refractivity contribution in [1.29, 1.82) is 0 Å². The van der Waals surface area contributed by atoms with Crippen LogP contribution in [0.15, 0.2) is 30.3 Å². The summed E-state index contributed by atoms with van der Waals surface area (Å²) in [6.45, 7) is 1.70. The van der Waals surface area contributed by atoms with E-state index in [-0.39, 0.29) is 18.1 Å². The van der Waals surface area contributed by atoms with E-state index in [0.717, 1.165) is 12.8 Å². The number of rotatable bonds is 5. The number of hydrogen-bond donors (Lipinski definition) is 2. The van der Waals surface area contributed by atoms with E-state index in [1.165, 1.54) is 0 Å². The van der Waals surface area contributed by atoms with Gasteiger partial charge in [0, 0.05) is 19.8 Å². The van der Waals surface area contributed by atoms with Crippen molar-refractivity contribution in [3.63, 3.8) is 0 Å². The van der Waals surface area contributed by atoms with Crippen LogP contribution in [0, 0.1) is 0 Å². The Morgan fingerprint density at radius 3 is 2.63 bits per heavy atom. The van der Waals surface area contributed by atoms with Gasteiger partial charge in [-0.25, -0.2) is 0 Å². The molecule has 0 radical (unpaired) electrons. The molecule has 0 atom stereocenters. The molecule has 0 unspecified atom stereocenters. The van der Waals surface area contributed by atoms with Crippen molar-refractivity contribution in [2.75, 3.05) is 26.4 Å². The molecule has 1 aromatic rings. The van der Waals surface area contributed by atoms with Gasteiger partial charge in [-0.2, -0.15) is 0 Å². The van der Waals surface area contributed by atoms with Crippen LogP contribution < -0.4 is 15.8 Å². The molecule has 0 aromatic heterocycles. The van der Waals surface area contributed by atoms with Crippen LogP contribution in [-0.2, 0) is 9.53 Å². The highest BCUT2D eigenvalue weighted by Gasteiger charge is 2.32. The van der Waals surface area contributed by atoms with Gasteiger partial charge < -0.3 is 20.5 Å². The fourth-order valence-electron chi connectivity index (χ4n) is 2.14. The van der Waals surface area contributed by atoms with E-state index < -0.39 is 0 Å². The lowest BCUT2D eigenvalue weighted by Gasteiger charge is -2.36. The van der Waals surface area contributed by atoms with Crippen LogP contribution in [0.2, 0.25) is 0 Å². The van der Waals surface area contributed by atoms with E-state index in [1.807, 2.05) is 30.3 Å². The summed E-state index contributed by atoms with van der Waals surface area (Å²) in [5.74, 6) is 0.544. The Bertz CT molecular complexity index is 402. The van der Waals surface area contributed by atoms with Gasteiger partial charge in [0.2, 0.25) is 0 Å². The zero-order chi connectivity index (χ0) is 13.6. The van der Waals surface area contributed by atoms with Gasteiger partial charge in [-0.05, 0) is 25.0 Å². The Balaban J connectivity index is 1.83. The monoisotopic (exact) mass is 264 g/mol. The van der Waals surface area contributed by atoms with Crippen molar-refractivity contribution in [3.8, 4) is 5.75 Å². The third-order valence-corrected chi connectivity index (χ3v) is 3.36. The summed E-state index contributed by atoms with van der Waals surface area (Å²) in [7, 11) is 0. The third-order valence-electron chi connectivity index (χ3n) is 3.36. The molecule has 5 heteroatoms. The first kappa shape index (κ1) is 13.8. The first-order chi connectivity index (χ1) is 9.24. The van der Waals surface area contributed by atoms with E-state index in [1.54, 1.807) is 0 Å². The minimum atomic E-state index is -0.338. The Hall–Kier alpha value is -1.59. The maximum absolute atomic E-state index is 11.9. The van der Waals surface area contributed by atoms with Crippen molar-refractivity contribution >= 4 is 5.91 Å². The Morgan fingerprint density at radius 1 is 1.32 bits per heavy atom. The van der Waals surface area contributed by atoms with Gasteiger partial charge in [-0.3, -0.25) is 4.79 Å². The number of amides is 1. The van der Waals surface area contributed by atoms with Crippen molar-refractivity contribution < 1.29 is 14.3 Å². The van der Waals surface area contributed by atoms with Gasteiger partial charge >= 0.3 is 0 Å². The molecular formula is C14H20N2O3. The Labute approximate surface area is 113 Å². The normalized spacial score (nSPS) is 17.7. The minimum absolute atomic E-state index is 0.00657. The number of carbonyl (C=O) groups is 1. The molecule has 0 spiro atoms. The topological polar surface area (TPSA) is 73.6 Å². The molecule has 1 aromatic carbocycles. The van der Waals surface area contributed by atoms with Gasteiger partial charge in [-0.1, -0.05) is 18.2 Å². The molecule has 0 aliphatic carbocycles. The average molecular weight is 264 g/mol. The summed E-state index contributed by atoms with van der Waals surface area (Å²) in [4.78, 5) is 11.9. The smallest absolute Gasteiger partial charge is 0.258 e. The Morgan fingerprint density at radius 2 is 2.00 bits per heavy atom. The summed E-state index contributed by atoms with van der Waals surface area (Å²) in [5, 5.41) is 2.98. The number of benzene rings is 1.